The Morgan fingerprint density at radius 2 is 2.22 bits per heavy atom. The molecule has 18 heavy (non-hydrogen) atoms. The van der Waals surface area contributed by atoms with E-state index in [4.69, 9.17) is 11.6 Å². The van der Waals surface area contributed by atoms with Gasteiger partial charge in [0, 0.05) is 19.1 Å². The first kappa shape index (κ1) is 13.9. The molecule has 102 valence electrons. The van der Waals surface area contributed by atoms with Crippen LogP contribution in [-0.2, 0) is 13.1 Å². The monoisotopic (exact) mass is 269 g/mol. The van der Waals surface area contributed by atoms with Gasteiger partial charge in [-0.25, -0.2) is 0 Å². The fraction of sp³-hybridized carbons (Fsp3) is 0.786. The van der Waals surface area contributed by atoms with Crippen molar-refractivity contribution in [2.45, 2.75) is 65.6 Å². The molecule has 0 aliphatic heterocycles. The smallest absolute Gasteiger partial charge is 0.0860 e. The lowest BCUT2D eigenvalue weighted by Crippen LogP contribution is -2.33. The third-order valence-corrected chi connectivity index (χ3v) is 4.44. The molecule has 0 radical (unpaired) electrons. The van der Waals surface area contributed by atoms with Gasteiger partial charge in [-0.3, -0.25) is 4.68 Å². The average Bonchev–Trinajstić information content (AvgIpc) is 2.63. The summed E-state index contributed by atoms with van der Waals surface area (Å²) in [6, 6.07) is 0.644. The molecule has 0 amide bonds. The lowest BCUT2D eigenvalue weighted by atomic mass is 9.87. The molecule has 2 atom stereocenters. The summed E-state index contributed by atoms with van der Waals surface area (Å²) in [5.74, 6) is 0.851. The van der Waals surface area contributed by atoms with E-state index in [1.54, 1.807) is 0 Å². The van der Waals surface area contributed by atoms with Crippen LogP contribution >= 0.6 is 11.6 Å². The SMILES string of the molecule is CCn1nc(C)c(Cl)c1CNC1CCCC(C)C1. The molecular weight excluding hydrogens is 246 g/mol. The molecule has 1 fully saturated rings. The minimum absolute atomic E-state index is 0.644. The first-order valence-corrected chi connectivity index (χ1v) is 7.44. The van der Waals surface area contributed by atoms with Gasteiger partial charge in [0.15, 0.2) is 0 Å². The molecule has 1 N–H and O–H groups in total. The summed E-state index contributed by atoms with van der Waals surface area (Å²) in [4.78, 5) is 0. The molecule has 0 saturated heterocycles. The molecule has 1 heterocycles. The van der Waals surface area contributed by atoms with Crippen molar-refractivity contribution < 1.29 is 0 Å². The van der Waals surface area contributed by atoms with Crippen LogP contribution in [-0.4, -0.2) is 15.8 Å². The Balaban J connectivity index is 1.97. The average molecular weight is 270 g/mol. The molecule has 1 aliphatic carbocycles. The van der Waals surface area contributed by atoms with Gasteiger partial charge in [-0.05, 0) is 32.6 Å². The van der Waals surface area contributed by atoms with Crippen molar-refractivity contribution in [3.63, 3.8) is 0 Å². The van der Waals surface area contributed by atoms with Gasteiger partial charge < -0.3 is 5.32 Å². The summed E-state index contributed by atoms with van der Waals surface area (Å²) in [5.41, 5.74) is 2.07. The van der Waals surface area contributed by atoms with Crippen LogP contribution in [0.2, 0.25) is 5.02 Å². The highest BCUT2D eigenvalue weighted by Crippen LogP contribution is 2.25. The van der Waals surface area contributed by atoms with E-state index in [2.05, 4.69) is 24.3 Å². The van der Waals surface area contributed by atoms with Crippen LogP contribution in [0.4, 0.5) is 0 Å². The minimum Gasteiger partial charge on any atom is -0.308 e. The Morgan fingerprint density at radius 3 is 2.89 bits per heavy atom. The molecule has 1 aromatic rings. The number of nitrogens with zero attached hydrogens (tertiary/aromatic N) is 2. The normalized spacial score (nSPS) is 24.4. The zero-order valence-corrected chi connectivity index (χ0v) is 12.4. The highest BCUT2D eigenvalue weighted by atomic mass is 35.5. The summed E-state index contributed by atoms with van der Waals surface area (Å²) in [5, 5.41) is 8.93. The van der Waals surface area contributed by atoms with Crippen LogP contribution < -0.4 is 5.32 Å². The van der Waals surface area contributed by atoms with Gasteiger partial charge in [-0.15, -0.1) is 0 Å². The van der Waals surface area contributed by atoms with Gasteiger partial charge in [-0.1, -0.05) is 31.4 Å². The van der Waals surface area contributed by atoms with Crippen molar-refractivity contribution in [3.05, 3.63) is 16.4 Å². The first-order chi connectivity index (χ1) is 8.61. The van der Waals surface area contributed by atoms with Crippen LogP contribution in [0, 0.1) is 12.8 Å². The quantitative estimate of drug-likeness (QED) is 0.906. The van der Waals surface area contributed by atoms with Gasteiger partial charge in [-0.2, -0.15) is 5.10 Å². The van der Waals surface area contributed by atoms with E-state index in [0.717, 1.165) is 35.4 Å². The van der Waals surface area contributed by atoms with Gasteiger partial charge in [0.2, 0.25) is 0 Å². The van der Waals surface area contributed by atoms with Crippen molar-refractivity contribution in [1.82, 2.24) is 15.1 Å². The Kier molecular flexibility index (Phi) is 4.68. The van der Waals surface area contributed by atoms with Crippen molar-refractivity contribution in [1.29, 1.82) is 0 Å². The van der Waals surface area contributed by atoms with E-state index in [-0.39, 0.29) is 0 Å². The highest BCUT2D eigenvalue weighted by molar-refractivity contribution is 6.31. The topological polar surface area (TPSA) is 29.9 Å². The molecule has 0 bridgehead atoms. The number of aryl methyl sites for hydroxylation is 2. The summed E-state index contributed by atoms with van der Waals surface area (Å²) in [6.07, 6.45) is 5.31. The molecule has 4 heteroatoms. The van der Waals surface area contributed by atoms with Gasteiger partial charge in [0.05, 0.1) is 16.4 Å². The summed E-state index contributed by atoms with van der Waals surface area (Å²) in [6.45, 7) is 8.15. The fourth-order valence-electron chi connectivity index (χ4n) is 2.90. The standard InChI is InChI=1S/C14H24ClN3/c1-4-18-13(14(15)11(3)17-18)9-16-12-7-5-6-10(2)8-12/h10,12,16H,4-9H2,1-3H3. The van der Waals surface area contributed by atoms with Crippen molar-refractivity contribution in [2.75, 3.05) is 0 Å². The number of aromatic nitrogens is 2. The lowest BCUT2D eigenvalue weighted by Gasteiger charge is -2.27. The largest absolute Gasteiger partial charge is 0.308 e. The zero-order valence-electron chi connectivity index (χ0n) is 11.7. The van der Waals surface area contributed by atoms with Crippen molar-refractivity contribution in [3.8, 4) is 0 Å². The molecule has 2 rings (SSSR count). The maximum atomic E-state index is 6.32. The Morgan fingerprint density at radius 1 is 1.44 bits per heavy atom. The second kappa shape index (κ2) is 6.07. The third kappa shape index (κ3) is 3.07. The van der Waals surface area contributed by atoms with E-state index in [1.807, 2.05) is 11.6 Å². The predicted molar refractivity (Wildman–Crippen MR) is 75.9 cm³/mol. The molecule has 0 aromatic carbocycles. The number of hydrogen-bond donors (Lipinski definition) is 1. The van der Waals surface area contributed by atoms with E-state index in [0.29, 0.717) is 6.04 Å². The Hall–Kier alpha value is -0.540. The summed E-state index contributed by atoms with van der Waals surface area (Å²) < 4.78 is 2.01. The highest BCUT2D eigenvalue weighted by Gasteiger charge is 2.20. The summed E-state index contributed by atoms with van der Waals surface area (Å²) in [7, 11) is 0. The fourth-order valence-corrected chi connectivity index (χ4v) is 3.10. The van der Waals surface area contributed by atoms with E-state index in [1.165, 1.54) is 25.7 Å². The number of rotatable bonds is 4. The van der Waals surface area contributed by atoms with Crippen LogP contribution in [0.15, 0.2) is 0 Å². The van der Waals surface area contributed by atoms with E-state index < -0.39 is 0 Å². The molecule has 1 aliphatic rings. The molecule has 3 nitrogen and oxygen atoms in total. The minimum atomic E-state index is 0.644. The number of halogens is 1. The number of hydrogen-bond acceptors (Lipinski definition) is 2. The van der Waals surface area contributed by atoms with Crippen molar-refractivity contribution in [2.24, 2.45) is 5.92 Å². The molecule has 1 saturated carbocycles. The van der Waals surface area contributed by atoms with Crippen LogP contribution in [0.1, 0.15) is 50.9 Å². The molecular formula is C14H24ClN3. The Labute approximate surface area is 115 Å². The molecule has 2 unspecified atom stereocenters. The zero-order chi connectivity index (χ0) is 13.1. The van der Waals surface area contributed by atoms with E-state index in [9.17, 15) is 0 Å². The maximum absolute atomic E-state index is 6.32. The molecule has 1 aromatic heterocycles. The van der Waals surface area contributed by atoms with Crippen LogP contribution in [0.3, 0.4) is 0 Å². The maximum Gasteiger partial charge on any atom is 0.0860 e. The van der Waals surface area contributed by atoms with Gasteiger partial charge in [0.1, 0.15) is 0 Å². The molecule has 0 spiro atoms. The van der Waals surface area contributed by atoms with E-state index >= 15 is 0 Å². The van der Waals surface area contributed by atoms with Gasteiger partial charge in [0.25, 0.3) is 0 Å². The third-order valence-electron chi connectivity index (χ3n) is 3.95. The van der Waals surface area contributed by atoms with Gasteiger partial charge >= 0.3 is 0 Å². The second-order valence-corrected chi connectivity index (χ2v) is 5.89. The van der Waals surface area contributed by atoms with Crippen LogP contribution in [0.25, 0.3) is 0 Å². The number of nitrogens with one attached hydrogen (secondary N) is 1. The first-order valence-electron chi connectivity index (χ1n) is 7.07. The Bertz CT molecular complexity index is 400. The van der Waals surface area contributed by atoms with Crippen LogP contribution in [0.5, 0.6) is 0 Å². The van der Waals surface area contributed by atoms with Crippen molar-refractivity contribution >= 4 is 11.6 Å². The summed E-state index contributed by atoms with van der Waals surface area (Å²) >= 11 is 6.32. The second-order valence-electron chi connectivity index (χ2n) is 5.51. The lowest BCUT2D eigenvalue weighted by molar-refractivity contribution is 0.298. The predicted octanol–water partition coefficient (Wildman–Crippen LogP) is 3.53.